The molecule has 5 nitrogen and oxygen atoms in total. The van der Waals surface area contributed by atoms with Gasteiger partial charge in [-0.1, -0.05) is 24.3 Å². The highest BCUT2D eigenvalue weighted by atomic mass is 16.5. The largest absolute Gasteiger partial charge is 0.493 e. The molecule has 1 heterocycles. The SMILES string of the molecule is COc1ccc(CC(=O)N2CCC(Nc3ccccc3)CC2)cc1OC. The van der Waals surface area contributed by atoms with Crippen LogP contribution < -0.4 is 14.8 Å². The first-order chi connectivity index (χ1) is 12.7. The molecule has 3 rings (SSSR count). The minimum atomic E-state index is 0.162. The molecule has 5 heteroatoms. The number of carbonyl (C=O) groups is 1. The average Bonchev–Trinajstić information content (AvgIpc) is 2.69. The Hall–Kier alpha value is -2.69. The van der Waals surface area contributed by atoms with E-state index in [9.17, 15) is 4.79 Å². The van der Waals surface area contributed by atoms with Crippen molar-refractivity contribution in [3.8, 4) is 11.5 Å². The van der Waals surface area contributed by atoms with Gasteiger partial charge < -0.3 is 19.7 Å². The number of ether oxygens (including phenoxy) is 2. The van der Waals surface area contributed by atoms with Gasteiger partial charge in [0.05, 0.1) is 20.6 Å². The summed E-state index contributed by atoms with van der Waals surface area (Å²) in [6, 6.07) is 16.3. The molecule has 0 atom stereocenters. The van der Waals surface area contributed by atoms with Crippen LogP contribution in [0.5, 0.6) is 11.5 Å². The number of methoxy groups -OCH3 is 2. The van der Waals surface area contributed by atoms with E-state index < -0.39 is 0 Å². The van der Waals surface area contributed by atoms with Gasteiger partial charge in [-0.3, -0.25) is 4.79 Å². The number of benzene rings is 2. The quantitative estimate of drug-likeness (QED) is 0.864. The average molecular weight is 354 g/mol. The molecule has 0 aromatic heterocycles. The highest BCUT2D eigenvalue weighted by Gasteiger charge is 2.23. The predicted molar refractivity (Wildman–Crippen MR) is 103 cm³/mol. The second-order valence-electron chi connectivity index (χ2n) is 6.53. The van der Waals surface area contributed by atoms with E-state index in [1.54, 1.807) is 14.2 Å². The van der Waals surface area contributed by atoms with Crippen LogP contribution in [-0.2, 0) is 11.2 Å². The Morgan fingerprint density at radius 1 is 1.04 bits per heavy atom. The molecule has 1 aliphatic heterocycles. The van der Waals surface area contributed by atoms with Crippen molar-refractivity contribution in [1.29, 1.82) is 0 Å². The molecule has 26 heavy (non-hydrogen) atoms. The van der Waals surface area contributed by atoms with Crippen LogP contribution in [0.25, 0.3) is 0 Å². The number of hydrogen-bond acceptors (Lipinski definition) is 4. The lowest BCUT2D eigenvalue weighted by Crippen LogP contribution is -2.43. The number of para-hydroxylation sites is 1. The minimum Gasteiger partial charge on any atom is -0.493 e. The zero-order valence-electron chi connectivity index (χ0n) is 15.4. The van der Waals surface area contributed by atoms with Crippen LogP contribution >= 0.6 is 0 Å². The van der Waals surface area contributed by atoms with Crippen molar-refractivity contribution >= 4 is 11.6 Å². The molecular weight excluding hydrogens is 328 g/mol. The maximum atomic E-state index is 12.6. The summed E-state index contributed by atoms with van der Waals surface area (Å²) in [5.41, 5.74) is 2.08. The number of anilines is 1. The number of hydrogen-bond donors (Lipinski definition) is 1. The number of nitrogens with zero attached hydrogens (tertiary/aromatic N) is 1. The third-order valence-corrected chi connectivity index (χ3v) is 4.80. The molecule has 2 aromatic rings. The summed E-state index contributed by atoms with van der Waals surface area (Å²) in [6.07, 6.45) is 2.32. The van der Waals surface area contributed by atoms with E-state index in [1.165, 1.54) is 0 Å². The van der Waals surface area contributed by atoms with E-state index in [-0.39, 0.29) is 5.91 Å². The van der Waals surface area contributed by atoms with E-state index >= 15 is 0 Å². The predicted octanol–water partition coefficient (Wildman–Crippen LogP) is 3.35. The number of likely N-dealkylation sites (tertiary alicyclic amines) is 1. The summed E-state index contributed by atoms with van der Waals surface area (Å²) >= 11 is 0. The smallest absolute Gasteiger partial charge is 0.226 e. The molecule has 1 saturated heterocycles. The summed E-state index contributed by atoms with van der Waals surface area (Å²) < 4.78 is 10.6. The van der Waals surface area contributed by atoms with Gasteiger partial charge in [0.1, 0.15) is 0 Å². The third kappa shape index (κ3) is 4.48. The van der Waals surface area contributed by atoms with E-state index in [2.05, 4.69) is 17.4 Å². The monoisotopic (exact) mass is 354 g/mol. The molecule has 0 spiro atoms. The second kappa shape index (κ2) is 8.61. The summed E-state index contributed by atoms with van der Waals surface area (Å²) in [5.74, 6) is 1.50. The van der Waals surface area contributed by atoms with Gasteiger partial charge in [0.2, 0.25) is 5.91 Å². The molecular formula is C21H26N2O3. The number of piperidine rings is 1. The van der Waals surface area contributed by atoms with Gasteiger partial charge in [-0.05, 0) is 42.7 Å². The van der Waals surface area contributed by atoms with Crippen molar-refractivity contribution in [3.63, 3.8) is 0 Å². The van der Waals surface area contributed by atoms with Crippen LogP contribution in [-0.4, -0.2) is 44.2 Å². The Labute approximate surface area is 154 Å². The van der Waals surface area contributed by atoms with Crippen molar-refractivity contribution in [3.05, 3.63) is 54.1 Å². The number of rotatable bonds is 6. The Morgan fingerprint density at radius 3 is 2.38 bits per heavy atom. The molecule has 0 saturated carbocycles. The van der Waals surface area contributed by atoms with Crippen LogP contribution in [0.15, 0.2) is 48.5 Å². The number of nitrogens with one attached hydrogen (secondary N) is 1. The normalized spacial score (nSPS) is 14.8. The van der Waals surface area contributed by atoms with E-state index in [0.29, 0.717) is 24.0 Å². The van der Waals surface area contributed by atoms with Crippen LogP contribution in [0.1, 0.15) is 18.4 Å². The maximum absolute atomic E-state index is 12.6. The molecule has 138 valence electrons. The van der Waals surface area contributed by atoms with Crippen molar-refractivity contribution in [1.82, 2.24) is 4.90 Å². The zero-order valence-corrected chi connectivity index (χ0v) is 15.4. The molecule has 1 aliphatic rings. The highest BCUT2D eigenvalue weighted by Crippen LogP contribution is 2.28. The lowest BCUT2D eigenvalue weighted by atomic mass is 10.0. The molecule has 0 radical (unpaired) electrons. The first kappa shape index (κ1) is 18.1. The van der Waals surface area contributed by atoms with Crippen LogP contribution in [0.2, 0.25) is 0 Å². The van der Waals surface area contributed by atoms with E-state index in [4.69, 9.17) is 9.47 Å². The summed E-state index contributed by atoms with van der Waals surface area (Å²) in [7, 11) is 3.21. The second-order valence-corrected chi connectivity index (χ2v) is 6.53. The summed E-state index contributed by atoms with van der Waals surface area (Å²) in [4.78, 5) is 14.6. The van der Waals surface area contributed by atoms with Crippen LogP contribution in [0.3, 0.4) is 0 Å². The molecule has 0 unspecified atom stereocenters. The number of amides is 1. The van der Waals surface area contributed by atoms with Gasteiger partial charge in [0, 0.05) is 24.8 Å². The lowest BCUT2D eigenvalue weighted by molar-refractivity contribution is -0.131. The van der Waals surface area contributed by atoms with Gasteiger partial charge in [0.15, 0.2) is 11.5 Å². The number of carbonyl (C=O) groups excluding carboxylic acids is 1. The first-order valence-corrected chi connectivity index (χ1v) is 9.00. The maximum Gasteiger partial charge on any atom is 0.226 e. The standard InChI is InChI=1S/C21H26N2O3/c1-25-19-9-8-16(14-20(19)26-2)15-21(24)23-12-10-18(11-13-23)22-17-6-4-3-5-7-17/h3-9,14,18,22H,10-13,15H2,1-2H3. The Balaban J connectivity index is 1.52. The van der Waals surface area contributed by atoms with E-state index in [0.717, 1.165) is 37.2 Å². The molecule has 1 fully saturated rings. The third-order valence-electron chi connectivity index (χ3n) is 4.80. The molecule has 1 N–H and O–H groups in total. The van der Waals surface area contributed by atoms with Crippen molar-refractivity contribution in [2.45, 2.75) is 25.3 Å². The Morgan fingerprint density at radius 2 is 1.73 bits per heavy atom. The lowest BCUT2D eigenvalue weighted by Gasteiger charge is -2.33. The molecule has 1 amide bonds. The molecule has 2 aromatic carbocycles. The fourth-order valence-corrected chi connectivity index (χ4v) is 3.32. The zero-order chi connectivity index (χ0) is 18.4. The van der Waals surface area contributed by atoms with Gasteiger partial charge >= 0.3 is 0 Å². The highest BCUT2D eigenvalue weighted by molar-refractivity contribution is 5.79. The van der Waals surface area contributed by atoms with Gasteiger partial charge in [-0.25, -0.2) is 0 Å². The summed E-state index contributed by atoms with van der Waals surface area (Å²) in [6.45, 7) is 1.58. The van der Waals surface area contributed by atoms with E-state index in [1.807, 2.05) is 41.3 Å². The van der Waals surface area contributed by atoms with Crippen molar-refractivity contribution in [2.75, 3.05) is 32.6 Å². The summed E-state index contributed by atoms with van der Waals surface area (Å²) in [5, 5.41) is 3.55. The fraction of sp³-hybridized carbons (Fsp3) is 0.381. The Kier molecular flexibility index (Phi) is 6.00. The van der Waals surface area contributed by atoms with Crippen LogP contribution in [0.4, 0.5) is 5.69 Å². The van der Waals surface area contributed by atoms with Gasteiger partial charge in [-0.15, -0.1) is 0 Å². The van der Waals surface area contributed by atoms with Gasteiger partial charge in [0.25, 0.3) is 0 Å². The van der Waals surface area contributed by atoms with Crippen molar-refractivity contribution in [2.24, 2.45) is 0 Å². The van der Waals surface area contributed by atoms with Crippen molar-refractivity contribution < 1.29 is 14.3 Å². The van der Waals surface area contributed by atoms with Crippen LogP contribution in [0, 0.1) is 0 Å². The van der Waals surface area contributed by atoms with Gasteiger partial charge in [-0.2, -0.15) is 0 Å². The minimum absolute atomic E-state index is 0.162. The topological polar surface area (TPSA) is 50.8 Å². The molecule has 0 aliphatic carbocycles. The fourth-order valence-electron chi connectivity index (χ4n) is 3.32. The first-order valence-electron chi connectivity index (χ1n) is 9.00. The Bertz CT molecular complexity index is 725. The molecule has 0 bridgehead atoms.